The Morgan fingerprint density at radius 3 is 2.81 bits per heavy atom. The quantitative estimate of drug-likeness (QED) is 0.355. The van der Waals surface area contributed by atoms with E-state index in [2.05, 4.69) is 52.5 Å². The van der Waals surface area contributed by atoms with Crippen LogP contribution in [0.1, 0.15) is 26.5 Å². The van der Waals surface area contributed by atoms with Crippen molar-refractivity contribution in [1.29, 1.82) is 0 Å². The summed E-state index contributed by atoms with van der Waals surface area (Å²) in [4.78, 5) is 16.8. The number of hydrogen-bond acceptors (Lipinski definition) is 7. The van der Waals surface area contributed by atoms with Crippen molar-refractivity contribution in [3.8, 4) is 0 Å². The van der Waals surface area contributed by atoms with Crippen molar-refractivity contribution in [2.75, 3.05) is 5.32 Å². The molecule has 1 N–H and O–H groups in total. The lowest BCUT2D eigenvalue weighted by Crippen LogP contribution is -2.11. The van der Waals surface area contributed by atoms with E-state index in [1.165, 1.54) is 39.4 Å². The second kappa shape index (κ2) is 7.75. The van der Waals surface area contributed by atoms with Gasteiger partial charge in [-0.2, -0.15) is 0 Å². The number of para-hydroxylation sites is 1. The predicted octanol–water partition coefficient (Wildman–Crippen LogP) is 5.31. The topological polar surface area (TPSA) is 67.8 Å². The second-order valence-corrected chi connectivity index (χ2v) is 9.26. The fourth-order valence-electron chi connectivity index (χ4n) is 2.53. The highest BCUT2D eigenvalue weighted by Gasteiger charge is 2.15. The molecular formula is C19H16N4OS3. The largest absolute Gasteiger partial charge is 0.294 e. The number of amides is 1. The van der Waals surface area contributed by atoms with Crippen LogP contribution in [0.25, 0.3) is 10.2 Å². The number of anilines is 1. The molecular weight excluding hydrogens is 396 g/mol. The molecule has 27 heavy (non-hydrogen) atoms. The number of fused-ring (bicyclic) bond motifs is 1. The molecule has 2 aromatic heterocycles. The summed E-state index contributed by atoms with van der Waals surface area (Å²) in [6.07, 6.45) is 0. The Balaban J connectivity index is 1.41. The van der Waals surface area contributed by atoms with Gasteiger partial charge in [0.2, 0.25) is 5.13 Å². The molecule has 4 rings (SSSR count). The van der Waals surface area contributed by atoms with E-state index in [-0.39, 0.29) is 5.91 Å². The number of aryl methyl sites for hydroxylation is 2. The SMILES string of the molecule is Cc1ccc(C)c(CSc2nnc(NC(=O)c3nc4ccccc4s3)s2)c1. The number of nitrogens with one attached hydrogen (secondary N) is 1. The summed E-state index contributed by atoms with van der Waals surface area (Å²) < 4.78 is 1.82. The molecule has 1 amide bonds. The zero-order valence-electron chi connectivity index (χ0n) is 14.7. The standard InChI is InChI=1S/C19H16N4OS3/c1-11-7-8-12(2)13(9-11)10-25-19-23-22-18(27-19)21-16(24)17-20-14-5-3-4-6-15(14)26-17/h3-9H,10H2,1-2H3,(H,21,22,24). The Morgan fingerprint density at radius 2 is 1.96 bits per heavy atom. The third kappa shape index (κ3) is 4.18. The summed E-state index contributed by atoms with van der Waals surface area (Å²) in [6.45, 7) is 4.20. The Bertz CT molecular complexity index is 1090. The number of nitrogens with zero attached hydrogens (tertiary/aromatic N) is 3. The van der Waals surface area contributed by atoms with Gasteiger partial charge in [-0.25, -0.2) is 4.98 Å². The van der Waals surface area contributed by atoms with E-state index in [1.54, 1.807) is 11.8 Å². The summed E-state index contributed by atoms with van der Waals surface area (Å²) in [5.74, 6) is 0.576. The first-order valence-electron chi connectivity index (χ1n) is 8.28. The molecule has 0 aliphatic rings. The summed E-state index contributed by atoms with van der Waals surface area (Å²) in [6, 6.07) is 14.1. The molecule has 0 aliphatic heterocycles. The number of thiazole rings is 1. The highest BCUT2D eigenvalue weighted by molar-refractivity contribution is 8.00. The number of hydrogen-bond donors (Lipinski definition) is 1. The molecule has 0 atom stereocenters. The number of thioether (sulfide) groups is 1. The van der Waals surface area contributed by atoms with Crippen molar-refractivity contribution >= 4 is 55.7 Å². The van der Waals surface area contributed by atoms with Gasteiger partial charge in [-0.3, -0.25) is 10.1 Å². The molecule has 0 radical (unpaired) electrons. The van der Waals surface area contributed by atoms with Crippen LogP contribution in [0.4, 0.5) is 5.13 Å². The molecule has 0 aliphatic carbocycles. The molecule has 0 spiro atoms. The Hall–Kier alpha value is -2.29. The van der Waals surface area contributed by atoms with Gasteiger partial charge in [0, 0.05) is 5.75 Å². The third-order valence-corrected chi connectivity index (χ3v) is 7.03. The van der Waals surface area contributed by atoms with Crippen LogP contribution in [0.15, 0.2) is 46.8 Å². The molecule has 0 bridgehead atoms. The van der Waals surface area contributed by atoms with E-state index in [4.69, 9.17) is 0 Å². The summed E-state index contributed by atoms with van der Waals surface area (Å²) in [5.41, 5.74) is 4.63. The second-order valence-electron chi connectivity index (χ2n) is 6.03. The molecule has 0 saturated heterocycles. The molecule has 0 saturated carbocycles. The van der Waals surface area contributed by atoms with Crippen LogP contribution in [0.2, 0.25) is 0 Å². The maximum absolute atomic E-state index is 12.4. The molecule has 2 aromatic carbocycles. The van der Waals surface area contributed by atoms with Crippen LogP contribution in [0.3, 0.4) is 0 Å². The van der Waals surface area contributed by atoms with Gasteiger partial charge < -0.3 is 0 Å². The minimum absolute atomic E-state index is 0.251. The van der Waals surface area contributed by atoms with Crippen LogP contribution in [0.5, 0.6) is 0 Å². The van der Waals surface area contributed by atoms with E-state index < -0.39 is 0 Å². The maximum atomic E-state index is 12.4. The fraction of sp³-hybridized carbons (Fsp3) is 0.158. The number of benzene rings is 2. The Labute approximate surface area is 168 Å². The minimum Gasteiger partial charge on any atom is -0.294 e. The van der Waals surface area contributed by atoms with Crippen molar-refractivity contribution in [3.05, 3.63) is 64.2 Å². The summed E-state index contributed by atoms with van der Waals surface area (Å²) >= 11 is 4.37. The smallest absolute Gasteiger partial charge is 0.286 e. The van der Waals surface area contributed by atoms with Crippen molar-refractivity contribution in [2.24, 2.45) is 0 Å². The normalized spacial score (nSPS) is 11.0. The zero-order valence-corrected chi connectivity index (χ0v) is 17.2. The van der Waals surface area contributed by atoms with Crippen LogP contribution >= 0.6 is 34.4 Å². The first-order valence-corrected chi connectivity index (χ1v) is 10.9. The van der Waals surface area contributed by atoms with E-state index in [9.17, 15) is 4.79 Å². The Morgan fingerprint density at radius 1 is 1.11 bits per heavy atom. The molecule has 8 heteroatoms. The summed E-state index contributed by atoms with van der Waals surface area (Å²) in [5, 5.41) is 12.0. The van der Waals surface area contributed by atoms with Crippen molar-refractivity contribution < 1.29 is 4.79 Å². The first kappa shape index (κ1) is 18.1. The predicted molar refractivity (Wildman–Crippen MR) is 113 cm³/mol. The number of aromatic nitrogens is 3. The summed E-state index contributed by atoms with van der Waals surface area (Å²) in [7, 11) is 0. The van der Waals surface area contributed by atoms with Gasteiger partial charge >= 0.3 is 0 Å². The lowest BCUT2D eigenvalue weighted by molar-refractivity contribution is 0.102. The maximum Gasteiger partial charge on any atom is 0.286 e. The molecule has 136 valence electrons. The van der Waals surface area contributed by atoms with Crippen LogP contribution < -0.4 is 5.32 Å². The van der Waals surface area contributed by atoms with Gasteiger partial charge in [0.25, 0.3) is 5.91 Å². The lowest BCUT2D eigenvalue weighted by atomic mass is 10.1. The minimum atomic E-state index is -0.251. The molecule has 2 heterocycles. The van der Waals surface area contributed by atoms with Gasteiger partial charge in [-0.15, -0.1) is 21.5 Å². The Kier molecular flexibility index (Phi) is 5.20. The van der Waals surface area contributed by atoms with Gasteiger partial charge in [0.1, 0.15) is 0 Å². The molecule has 0 fully saturated rings. The van der Waals surface area contributed by atoms with E-state index in [1.807, 2.05) is 24.3 Å². The zero-order chi connectivity index (χ0) is 18.8. The number of rotatable bonds is 5. The molecule has 0 unspecified atom stereocenters. The monoisotopic (exact) mass is 412 g/mol. The van der Waals surface area contributed by atoms with Gasteiger partial charge in [0.15, 0.2) is 9.35 Å². The van der Waals surface area contributed by atoms with Crippen LogP contribution in [0, 0.1) is 13.8 Å². The van der Waals surface area contributed by atoms with Gasteiger partial charge in [-0.05, 0) is 37.1 Å². The highest BCUT2D eigenvalue weighted by Crippen LogP contribution is 2.30. The van der Waals surface area contributed by atoms with Crippen molar-refractivity contribution in [2.45, 2.75) is 23.9 Å². The van der Waals surface area contributed by atoms with E-state index in [0.29, 0.717) is 10.1 Å². The fourth-order valence-corrected chi connectivity index (χ4v) is 5.20. The third-order valence-electron chi connectivity index (χ3n) is 3.97. The first-order chi connectivity index (χ1) is 13.1. The van der Waals surface area contributed by atoms with Crippen LogP contribution in [-0.2, 0) is 5.75 Å². The van der Waals surface area contributed by atoms with Crippen molar-refractivity contribution in [1.82, 2.24) is 15.2 Å². The van der Waals surface area contributed by atoms with E-state index in [0.717, 1.165) is 20.3 Å². The molecule has 5 nitrogen and oxygen atoms in total. The van der Waals surface area contributed by atoms with Gasteiger partial charge in [0.05, 0.1) is 10.2 Å². The van der Waals surface area contributed by atoms with Crippen LogP contribution in [-0.4, -0.2) is 21.1 Å². The number of carbonyl (C=O) groups excluding carboxylic acids is 1. The highest BCUT2D eigenvalue weighted by atomic mass is 32.2. The average molecular weight is 413 g/mol. The van der Waals surface area contributed by atoms with Gasteiger partial charge in [-0.1, -0.05) is 59.0 Å². The van der Waals surface area contributed by atoms with E-state index >= 15 is 0 Å². The van der Waals surface area contributed by atoms with Crippen molar-refractivity contribution in [3.63, 3.8) is 0 Å². The molecule has 4 aromatic rings. The lowest BCUT2D eigenvalue weighted by Gasteiger charge is -2.05. The average Bonchev–Trinajstić information content (AvgIpc) is 3.29. The number of carbonyl (C=O) groups is 1.